The van der Waals surface area contributed by atoms with E-state index in [4.69, 9.17) is 9.47 Å². The number of nitrogens with one attached hydrogen (secondary N) is 2. The molecule has 2 aromatic carbocycles. The van der Waals surface area contributed by atoms with Crippen LogP contribution in [0.5, 0.6) is 11.5 Å². The number of hydrogen-bond acceptors (Lipinski definition) is 4. The van der Waals surface area contributed by atoms with Gasteiger partial charge in [-0.25, -0.2) is 0 Å². The van der Waals surface area contributed by atoms with E-state index >= 15 is 0 Å². The van der Waals surface area contributed by atoms with Crippen LogP contribution in [0.1, 0.15) is 32.3 Å². The number of carbonyl (C=O) groups is 2. The van der Waals surface area contributed by atoms with Crippen LogP contribution in [-0.2, 0) is 16.1 Å². The van der Waals surface area contributed by atoms with Crippen LogP contribution >= 0.6 is 0 Å². The van der Waals surface area contributed by atoms with Gasteiger partial charge in [0.25, 0.3) is 0 Å². The Morgan fingerprint density at radius 3 is 2.11 bits per heavy atom. The molecule has 1 aliphatic rings. The van der Waals surface area contributed by atoms with E-state index in [0.29, 0.717) is 25.1 Å². The molecule has 0 atom stereocenters. The van der Waals surface area contributed by atoms with Gasteiger partial charge in [0, 0.05) is 12.2 Å². The highest BCUT2D eigenvalue weighted by atomic mass is 16.5. The predicted octanol–water partition coefficient (Wildman–Crippen LogP) is 3.52. The van der Waals surface area contributed by atoms with Gasteiger partial charge in [-0.05, 0) is 68.7 Å². The third-order valence-corrected chi connectivity index (χ3v) is 4.72. The maximum atomic E-state index is 12.7. The lowest BCUT2D eigenvalue weighted by atomic mass is 10.0. The van der Waals surface area contributed by atoms with Crippen LogP contribution in [0.3, 0.4) is 0 Å². The first-order valence-electron chi connectivity index (χ1n) is 9.42. The zero-order chi connectivity index (χ0) is 20.1. The van der Waals surface area contributed by atoms with Crippen molar-refractivity contribution in [1.82, 2.24) is 5.32 Å². The molecule has 0 saturated heterocycles. The smallest absolute Gasteiger partial charge is 0.240 e. The highest BCUT2D eigenvalue weighted by Gasteiger charge is 2.56. The molecule has 2 amide bonds. The zero-order valence-corrected chi connectivity index (χ0v) is 16.5. The van der Waals surface area contributed by atoms with Gasteiger partial charge in [0.1, 0.15) is 16.9 Å². The van der Waals surface area contributed by atoms with Crippen LogP contribution in [0.25, 0.3) is 0 Å². The van der Waals surface area contributed by atoms with Gasteiger partial charge in [-0.1, -0.05) is 12.1 Å². The van der Waals surface area contributed by atoms with Crippen LogP contribution in [0.15, 0.2) is 48.5 Å². The normalized spacial score (nSPS) is 14.3. The van der Waals surface area contributed by atoms with Gasteiger partial charge in [0.05, 0.1) is 13.2 Å². The summed E-state index contributed by atoms with van der Waals surface area (Å²) in [6.07, 6.45) is 1.20. The molecule has 1 saturated carbocycles. The fraction of sp³-hybridized carbons (Fsp3) is 0.364. The van der Waals surface area contributed by atoms with Crippen molar-refractivity contribution >= 4 is 17.5 Å². The summed E-state index contributed by atoms with van der Waals surface area (Å²) in [6, 6.07) is 14.6. The van der Waals surface area contributed by atoms with Gasteiger partial charge in [-0.3, -0.25) is 9.59 Å². The van der Waals surface area contributed by atoms with E-state index in [-0.39, 0.29) is 17.9 Å². The molecule has 0 heterocycles. The number of rotatable bonds is 8. The molecule has 2 N–H and O–H groups in total. The van der Waals surface area contributed by atoms with Crippen molar-refractivity contribution in [3.05, 3.63) is 54.1 Å². The first kappa shape index (κ1) is 19.7. The van der Waals surface area contributed by atoms with E-state index in [0.717, 1.165) is 17.1 Å². The molecule has 0 spiro atoms. The van der Waals surface area contributed by atoms with Gasteiger partial charge in [0.2, 0.25) is 11.8 Å². The Morgan fingerprint density at radius 2 is 1.57 bits per heavy atom. The van der Waals surface area contributed by atoms with Gasteiger partial charge in [0.15, 0.2) is 0 Å². The quantitative estimate of drug-likeness (QED) is 0.685. The van der Waals surface area contributed by atoms with Gasteiger partial charge in [-0.2, -0.15) is 0 Å². The lowest BCUT2D eigenvalue weighted by Gasteiger charge is -2.16. The number of methoxy groups -OCH3 is 1. The van der Waals surface area contributed by atoms with Crippen LogP contribution in [-0.4, -0.2) is 25.0 Å². The van der Waals surface area contributed by atoms with E-state index < -0.39 is 5.41 Å². The van der Waals surface area contributed by atoms with Gasteiger partial charge >= 0.3 is 0 Å². The molecule has 28 heavy (non-hydrogen) atoms. The molecular formula is C22H26N2O4. The zero-order valence-electron chi connectivity index (χ0n) is 16.5. The summed E-state index contributed by atoms with van der Waals surface area (Å²) in [7, 11) is 1.61. The lowest BCUT2D eigenvalue weighted by molar-refractivity contribution is -0.134. The molecule has 6 heteroatoms. The summed E-state index contributed by atoms with van der Waals surface area (Å²) >= 11 is 0. The van der Waals surface area contributed by atoms with E-state index in [1.165, 1.54) is 0 Å². The topological polar surface area (TPSA) is 76.7 Å². The Labute approximate surface area is 165 Å². The Bertz CT molecular complexity index is 825. The maximum absolute atomic E-state index is 12.7. The fourth-order valence-electron chi connectivity index (χ4n) is 2.92. The molecule has 1 fully saturated rings. The van der Waals surface area contributed by atoms with Crippen LogP contribution in [0.2, 0.25) is 0 Å². The summed E-state index contributed by atoms with van der Waals surface area (Å²) in [5.74, 6) is 1.00. The van der Waals surface area contributed by atoms with E-state index in [1.54, 1.807) is 31.4 Å². The molecule has 2 aromatic rings. The minimum Gasteiger partial charge on any atom is -0.497 e. The van der Waals surface area contributed by atoms with E-state index in [1.807, 2.05) is 38.1 Å². The van der Waals surface area contributed by atoms with Crippen LogP contribution < -0.4 is 20.1 Å². The Balaban J connectivity index is 1.55. The van der Waals surface area contributed by atoms with Crippen molar-refractivity contribution in [2.75, 3.05) is 12.4 Å². The predicted molar refractivity (Wildman–Crippen MR) is 107 cm³/mol. The molecule has 0 aliphatic heterocycles. The second-order valence-electron chi connectivity index (χ2n) is 7.26. The minimum atomic E-state index is -0.973. The fourth-order valence-corrected chi connectivity index (χ4v) is 2.92. The largest absolute Gasteiger partial charge is 0.497 e. The molecule has 1 aliphatic carbocycles. The summed E-state index contributed by atoms with van der Waals surface area (Å²) in [6.45, 7) is 4.28. The minimum absolute atomic E-state index is 0.0876. The molecular weight excluding hydrogens is 356 g/mol. The molecule has 3 rings (SSSR count). The monoisotopic (exact) mass is 382 g/mol. The number of anilines is 1. The number of carbonyl (C=O) groups excluding carboxylic acids is 2. The van der Waals surface area contributed by atoms with Crippen LogP contribution in [0, 0.1) is 5.41 Å². The average Bonchev–Trinajstić information content (AvgIpc) is 3.50. The number of ether oxygens (including phenoxy) is 2. The highest BCUT2D eigenvalue weighted by molar-refractivity contribution is 6.13. The van der Waals surface area contributed by atoms with Crippen molar-refractivity contribution in [3.63, 3.8) is 0 Å². The maximum Gasteiger partial charge on any atom is 0.240 e. The summed E-state index contributed by atoms with van der Waals surface area (Å²) < 4.78 is 10.7. The Morgan fingerprint density at radius 1 is 0.964 bits per heavy atom. The number of hydrogen-bond donors (Lipinski definition) is 2. The van der Waals surface area contributed by atoms with Crippen molar-refractivity contribution in [2.45, 2.75) is 39.3 Å². The molecule has 0 unspecified atom stereocenters. The van der Waals surface area contributed by atoms with Gasteiger partial charge in [-0.15, -0.1) is 0 Å². The lowest BCUT2D eigenvalue weighted by Crippen LogP contribution is -2.39. The Kier molecular flexibility index (Phi) is 5.87. The Hall–Kier alpha value is -3.02. The summed E-state index contributed by atoms with van der Waals surface area (Å²) in [5, 5.41) is 5.72. The SMILES string of the molecule is COc1ccc(CNC(=O)C2(C(=O)Nc3ccc(OC(C)C)cc3)CC2)cc1. The average molecular weight is 382 g/mol. The summed E-state index contributed by atoms with van der Waals surface area (Å²) in [5.41, 5.74) is 0.626. The third kappa shape index (κ3) is 4.63. The van der Waals surface area contributed by atoms with Gasteiger partial charge < -0.3 is 20.1 Å². The number of benzene rings is 2. The molecule has 0 bridgehead atoms. The van der Waals surface area contributed by atoms with Crippen molar-refractivity contribution in [2.24, 2.45) is 5.41 Å². The second kappa shape index (κ2) is 8.33. The molecule has 0 radical (unpaired) electrons. The standard InChI is InChI=1S/C22H26N2O4/c1-15(2)28-19-10-6-17(7-11-19)24-21(26)22(12-13-22)20(25)23-14-16-4-8-18(27-3)9-5-16/h4-11,15H,12-14H2,1-3H3,(H,23,25)(H,24,26). The third-order valence-electron chi connectivity index (χ3n) is 4.72. The van der Waals surface area contributed by atoms with E-state index in [2.05, 4.69) is 10.6 Å². The molecule has 6 nitrogen and oxygen atoms in total. The number of amides is 2. The van der Waals surface area contributed by atoms with Crippen molar-refractivity contribution < 1.29 is 19.1 Å². The van der Waals surface area contributed by atoms with E-state index in [9.17, 15) is 9.59 Å². The highest BCUT2D eigenvalue weighted by Crippen LogP contribution is 2.47. The first-order valence-corrected chi connectivity index (χ1v) is 9.42. The first-order chi connectivity index (χ1) is 13.4. The van der Waals surface area contributed by atoms with Crippen molar-refractivity contribution in [1.29, 1.82) is 0 Å². The molecule has 148 valence electrons. The van der Waals surface area contributed by atoms with Crippen molar-refractivity contribution in [3.8, 4) is 11.5 Å². The molecule has 0 aromatic heterocycles. The summed E-state index contributed by atoms with van der Waals surface area (Å²) in [4.78, 5) is 25.3. The van der Waals surface area contributed by atoms with Crippen LogP contribution in [0.4, 0.5) is 5.69 Å². The second-order valence-corrected chi connectivity index (χ2v) is 7.26.